The minimum atomic E-state index is 0.0170. The molecule has 0 aliphatic carbocycles. The van der Waals surface area contributed by atoms with E-state index >= 15 is 0 Å². The molecule has 1 aliphatic rings. The van der Waals surface area contributed by atoms with E-state index in [1.807, 2.05) is 38.2 Å². The average molecular weight is 291 g/mol. The van der Waals surface area contributed by atoms with Crippen LogP contribution in [0.1, 0.15) is 28.8 Å². The fourth-order valence-electron chi connectivity index (χ4n) is 2.44. The molecule has 1 aliphatic heterocycles. The maximum absolute atomic E-state index is 12.2. The Bertz CT molecular complexity index is 496. The fourth-order valence-corrected chi connectivity index (χ4v) is 2.62. The summed E-state index contributed by atoms with van der Waals surface area (Å²) >= 11 is 5.22. The molecule has 0 radical (unpaired) electrons. The molecule has 1 aromatic rings. The Labute approximate surface area is 125 Å². The molecule has 0 spiro atoms. The lowest BCUT2D eigenvalue weighted by Crippen LogP contribution is -2.48. The van der Waals surface area contributed by atoms with Gasteiger partial charge in [-0.3, -0.25) is 4.79 Å². The number of amides is 1. The number of aryl methyl sites for hydroxylation is 1. The number of carbonyl (C=O) groups is 1. The molecule has 2 rings (SSSR count). The standard InChI is InChI=1S/C15H21N3OS/c1-11-4-3-5-12(10-11)14(19)17-13-6-8-18(9-7-13)15(20)16-2/h3-5,10,13H,6-9H2,1-2H3,(H,16,20)(H,17,19). The van der Waals surface area contributed by atoms with E-state index in [4.69, 9.17) is 12.2 Å². The van der Waals surface area contributed by atoms with Gasteiger partial charge in [-0.15, -0.1) is 0 Å². The Balaban J connectivity index is 1.86. The number of carbonyl (C=O) groups excluding carboxylic acids is 1. The van der Waals surface area contributed by atoms with Crippen LogP contribution in [-0.2, 0) is 0 Å². The van der Waals surface area contributed by atoms with Gasteiger partial charge in [0.1, 0.15) is 0 Å². The van der Waals surface area contributed by atoms with E-state index in [0.29, 0.717) is 0 Å². The third kappa shape index (κ3) is 3.70. The first-order valence-corrected chi connectivity index (χ1v) is 7.35. The molecule has 1 aromatic carbocycles. The molecule has 20 heavy (non-hydrogen) atoms. The molecule has 0 bridgehead atoms. The predicted octanol–water partition coefficient (Wildman–Crippen LogP) is 1.69. The van der Waals surface area contributed by atoms with Crippen molar-refractivity contribution in [3.05, 3.63) is 35.4 Å². The smallest absolute Gasteiger partial charge is 0.251 e. The number of nitrogens with zero attached hydrogens (tertiary/aromatic N) is 1. The van der Waals surface area contributed by atoms with E-state index in [1.165, 1.54) is 0 Å². The summed E-state index contributed by atoms with van der Waals surface area (Å²) in [6.07, 6.45) is 1.86. The molecule has 1 saturated heterocycles. The zero-order valence-electron chi connectivity index (χ0n) is 12.0. The molecule has 0 saturated carbocycles. The van der Waals surface area contributed by atoms with Crippen molar-refractivity contribution in [1.82, 2.24) is 15.5 Å². The van der Waals surface area contributed by atoms with Gasteiger partial charge >= 0.3 is 0 Å². The zero-order chi connectivity index (χ0) is 14.5. The quantitative estimate of drug-likeness (QED) is 0.814. The largest absolute Gasteiger partial charge is 0.366 e. The summed E-state index contributed by atoms with van der Waals surface area (Å²) < 4.78 is 0. The third-order valence-corrected chi connectivity index (χ3v) is 4.07. The molecule has 0 aromatic heterocycles. The van der Waals surface area contributed by atoms with E-state index in [1.54, 1.807) is 0 Å². The van der Waals surface area contributed by atoms with Crippen LogP contribution in [0.3, 0.4) is 0 Å². The molecule has 0 atom stereocenters. The number of rotatable bonds is 2. The van der Waals surface area contributed by atoms with Crippen molar-refractivity contribution in [1.29, 1.82) is 0 Å². The van der Waals surface area contributed by atoms with Crippen LogP contribution in [-0.4, -0.2) is 42.1 Å². The SMILES string of the molecule is CNC(=S)N1CCC(NC(=O)c2cccc(C)c2)CC1. The van der Waals surface area contributed by atoms with Crippen LogP contribution in [0.25, 0.3) is 0 Å². The number of benzene rings is 1. The second-order valence-corrected chi connectivity index (χ2v) is 5.55. The topological polar surface area (TPSA) is 44.4 Å². The summed E-state index contributed by atoms with van der Waals surface area (Å²) in [5.74, 6) is 0.0170. The van der Waals surface area contributed by atoms with Gasteiger partial charge in [0.05, 0.1) is 0 Å². The van der Waals surface area contributed by atoms with Crippen molar-refractivity contribution in [2.24, 2.45) is 0 Å². The van der Waals surface area contributed by atoms with Gasteiger partial charge in [-0.2, -0.15) is 0 Å². The molecule has 108 valence electrons. The Morgan fingerprint density at radius 1 is 1.35 bits per heavy atom. The van der Waals surface area contributed by atoms with Gasteiger partial charge in [0.15, 0.2) is 5.11 Å². The number of piperidine rings is 1. The third-order valence-electron chi connectivity index (χ3n) is 3.61. The summed E-state index contributed by atoms with van der Waals surface area (Å²) in [5, 5.41) is 6.89. The Kier molecular flexibility index (Phi) is 4.95. The van der Waals surface area contributed by atoms with Gasteiger partial charge in [-0.1, -0.05) is 17.7 Å². The fraction of sp³-hybridized carbons (Fsp3) is 0.467. The van der Waals surface area contributed by atoms with E-state index < -0.39 is 0 Å². The van der Waals surface area contributed by atoms with Gasteiger partial charge in [-0.05, 0) is 44.1 Å². The molecule has 1 heterocycles. The first kappa shape index (κ1) is 14.8. The molecule has 4 nitrogen and oxygen atoms in total. The number of nitrogens with one attached hydrogen (secondary N) is 2. The maximum Gasteiger partial charge on any atom is 0.251 e. The molecule has 1 fully saturated rings. The summed E-state index contributed by atoms with van der Waals surface area (Å²) in [4.78, 5) is 14.3. The number of hydrogen-bond acceptors (Lipinski definition) is 2. The lowest BCUT2D eigenvalue weighted by atomic mass is 10.0. The highest BCUT2D eigenvalue weighted by Crippen LogP contribution is 2.12. The Morgan fingerprint density at radius 3 is 2.65 bits per heavy atom. The van der Waals surface area contributed by atoms with Crippen molar-refractivity contribution >= 4 is 23.2 Å². The summed E-state index contributed by atoms with van der Waals surface area (Å²) in [5.41, 5.74) is 1.84. The van der Waals surface area contributed by atoms with Gasteiger partial charge < -0.3 is 15.5 Å². The summed E-state index contributed by atoms with van der Waals surface area (Å²) in [6, 6.07) is 7.92. The predicted molar refractivity (Wildman–Crippen MR) is 84.9 cm³/mol. The maximum atomic E-state index is 12.2. The second kappa shape index (κ2) is 6.70. The lowest BCUT2D eigenvalue weighted by molar-refractivity contribution is 0.0922. The molecule has 5 heteroatoms. The Hall–Kier alpha value is -1.62. The monoisotopic (exact) mass is 291 g/mol. The van der Waals surface area contributed by atoms with E-state index in [-0.39, 0.29) is 11.9 Å². The van der Waals surface area contributed by atoms with Crippen molar-refractivity contribution in [2.45, 2.75) is 25.8 Å². The van der Waals surface area contributed by atoms with Crippen LogP contribution < -0.4 is 10.6 Å². The molecular formula is C15H21N3OS. The molecule has 2 N–H and O–H groups in total. The van der Waals surface area contributed by atoms with Crippen LogP contribution >= 0.6 is 12.2 Å². The van der Waals surface area contributed by atoms with Crippen LogP contribution in [0.15, 0.2) is 24.3 Å². The van der Waals surface area contributed by atoms with Gasteiger partial charge in [0.2, 0.25) is 0 Å². The average Bonchev–Trinajstić information content (AvgIpc) is 2.47. The van der Waals surface area contributed by atoms with Crippen molar-refractivity contribution in [2.75, 3.05) is 20.1 Å². The van der Waals surface area contributed by atoms with Crippen molar-refractivity contribution in [3.63, 3.8) is 0 Å². The summed E-state index contributed by atoms with van der Waals surface area (Å²) in [6.45, 7) is 3.77. The van der Waals surface area contributed by atoms with Crippen LogP contribution in [0.5, 0.6) is 0 Å². The minimum absolute atomic E-state index is 0.0170. The lowest BCUT2D eigenvalue weighted by Gasteiger charge is -2.33. The zero-order valence-corrected chi connectivity index (χ0v) is 12.8. The molecule has 0 unspecified atom stereocenters. The first-order valence-electron chi connectivity index (χ1n) is 6.94. The molecule has 1 amide bonds. The number of thiocarbonyl (C=S) groups is 1. The van der Waals surface area contributed by atoms with Gasteiger partial charge in [0, 0.05) is 31.7 Å². The highest BCUT2D eigenvalue weighted by atomic mass is 32.1. The minimum Gasteiger partial charge on any atom is -0.366 e. The first-order chi connectivity index (χ1) is 9.60. The highest BCUT2D eigenvalue weighted by Gasteiger charge is 2.22. The van der Waals surface area contributed by atoms with Gasteiger partial charge in [0.25, 0.3) is 5.91 Å². The second-order valence-electron chi connectivity index (χ2n) is 5.16. The number of hydrogen-bond donors (Lipinski definition) is 2. The van der Waals surface area contributed by atoms with E-state index in [0.717, 1.165) is 42.2 Å². The van der Waals surface area contributed by atoms with Gasteiger partial charge in [-0.25, -0.2) is 0 Å². The van der Waals surface area contributed by atoms with Crippen LogP contribution in [0, 0.1) is 6.92 Å². The van der Waals surface area contributed by atoms with Crippen molar-refractivity contribution in [3.8, 4) is 0 Å². The highest BCUT2D eigenvalue weighted by molar-refractivity contribution is 7.80. The normalized spacial score (nSPS) is 15.8. The molecular weight excluding hydrogens is 270 g/mol. The summed E-state index contributed by atoms with van der Waals surface area (Å²) in [7, 11) is 1.84. The van der Waals surface area contributed by atoms with E-state index in [9.17, 15) is 4.79 Å². The van der Waals surface area contributed by atoms with Crippen molar-refractivity contribution < 1.29 is 4.79 Å². The van der Waals surface area contributed by atoms with Crippen LogP contribution in [0.4, 0.5) is 0 Å². The number of likely N-dealkylation sites (tertiary alicyclic amines) is 1. The Morgan fingerprint density at radius 2 is 2.05 bits per heavy atom. The van der Waals surface area contributed by atoms with E-state index in [2.05, 4.69) is 15.5 Å². The van der Waals surface area contributed by atoms with Crippen LogP contribution in [0.2, 0.25) is 0 Å².